The van der Waals surface area contributed by atoms with Gasteiger partial charge in [0.05, 0.1) is 5.69 Å². The third-order valence-electron chi connectivity index (χ3n) is 2.84. The molecule has 0 aliphatic rings. The summed E-state index contributed by atoms with van der Waals surface area (Å²) in [7, 11) is 0. The van der Waals surface area contributed by atoms with Gasteiger partial charge in [0.15, 0.2) is 0 Å². The summed E-state index contributed by atoms with van der Waals surface area (Å²) in [5.74, 6) is -0.237. The third kappa shape index (κ3) is 3.66. The highest BCUT2D eigenvalue weighted by Gasteiger charge is 2.30. The number of rotatable bonds is 4. The van der Waals surface area contributed by atoms with Gasteiger partial charge in [0.1, 0.15) is 5.75 Å². The first-order valence-electron chi connectivity index (χ1n) is 5.95. The van der Waals surface area contributed by atoms with E-state index in [9.17, 15) is 13.2 Å². The zero-order chi connectivity index (χ0) is 14.8. The minimum Gasteiger partial charge on any atom is -0.406 e. The zero-order valence-electron chi connectivity index (χ0n) is 11.0. The summed E-state index contributed by atoms with van der Waals surface area (Å²) in [6.07, 6.45) is -4.67. The number of anilines is 1. The number of aryl methyl sites for hydroxylation is 2. The number of nitrogens with one attached hydrogen (secondary N) is 2. The molecule has 4 nitrogen and oxygen atoms in total. The molecule has 2 rings (SSSR count). The lowest BCUT2D eigenvalue weighted by Crippen LogP contribution is -2.17. The van der Waals surface area contributed by atoms with Crippen LogP contribution in [0.15, 0.2) is 24.3 Å². The van der Waals surface area contributed by atoms with E-state index in [0.717, 1.165) is 17.0 Å². The van der Waals surface area contributed by atoms with E-state index in [1.165, 1.54) is 24.3 Å². The highest BCUT2D eigenvalue weighted by Crippen LogP contribution is 2.24. The monoisotopic (exact) mass is 285 g/mol. The number of halogens is 3. The van der Waals surface area contributed by atoms with Crippen molar-refractivity contribution in [3.8, 4) is 5.75 Å². The van der Waals surface area contributed by atoms with Crippen molar-refractivity contribution < 1.29 is 17.9 Å². The van der Waals surface area contributed by atoms with Crippen LogP contribution in [0.5, 0.6) is 5.75 Å². The summed E-state index contributed by atoms with van der Waals surface area (Å²) in [4.78, 5) is 0. The molecule has 1 aromatic carbocycles. The topological polar surface area (TPSA) is 49.9 Å². The maximum atomic E-state index is 12.0. The normalized spacial score (nSPS) is 11.4. The summed E-state index contributed by atoms with van der Waals surface area (Å²) in [6.45, 7) is 4.35. The molecule has 0 saturated heterocycles. The van der Waals surface area contributed by atoms with Gasteiger partial charge in [0.25, 0.3) is 0 Å². The van der Waals surface area contributed by atoms with Crippen molar-refractivity contribution in [2.45, 2.75) is 26.8 Å². The van der Waals surface area contributed by atoms with Gasteiger partial charge in [-0.15, -0.1) is 13.2 Å². The van der Waals surface area contributed by atoms with Gasteiger partial charge in [-0.25, -0.2) is 0 Å². The number of benzene rings is 1. The smallest absolute Gasteiger partial charge is 0.406 e. The molecule has 0 spiro atoms. The van der Waals surface area contributed by atoms with E-state index in [1.54, 1.807) is 0 Å². The maximum absolute atomic E-state index is 12.0. The van der Waals surface area contributed by atoms with E-state index in [2.05, 4.69) is 20.3 Å². The molecular weight excluding hydrogens is 271 g/mol. The number of aromatic nitrogens is 2. The Kier molecular flexibility index (Phi) is 3.87. The van der Waals surface area contributed by atoms with Crippen LogP contribution in [0.1, 0.15) is 17.0 Å². The second-order valence-electron chi connectivity index (χ2n) is 4.34. The molecule has 0 atom stereocenters. The van der Waals surface area contributed by atoms with Crippen LogP contribution in [-0.4, -0.2) is 16.6 Å². The number of aromatic amines is 1. The van der Waals surface area contributed by atoms with Crippen molar-refractivity contribution >= 4 is 5.69 Å². The van der Waals surface area contributed by atoms with Gasteiger partial charge in [0, 0.05) is 23.5 Å². The van der Waals surface area contributed by atoms with Crippen molar-refractivity contribution in [2.24, 2.45) is 0 Å². The second-order valence-corrected chi connectivity index (χ2v) is 4.34. The molecular formula is C13H14F3N3O. The van der Waals surface area contributed by atoms with Crippen molar-refractivity contribution in [1.29, 1.82) is 0 Å². The highest BCUT2D eigenvalue weighted by molar-refractivity contribution is 5.47. The average molecular weight is 285 g/mol. The van der Waals surface area contributed by atoms with Crippen LogP contribution in [0.4, 0.5) is 18.9 Å². The molecule has 20 heavy (non-hydrogen) atoms. The molecule has 0 aliphatic carbocycles. The molecule has 0 unspecified atom stereocenters. The fraction of sp³-hybridized carbons (Fsp3) is 0.308. The summed E-state index contributed by atoms with van der Waals surface area (Å²) in [5, 5.41) is 10.1. The van der Waals surface area contributed by atoms with E-state index >= 15 is 0 Å². The number of hydrogen-bond acceptors (Lipinski definition) is 3. The Labute approximate surface area is 114 Å². The molecule has 0 fully saturated rings. The van der Waals surface area contributed by atoms with Crippen LogP contribution < -0.4 is 10.1 Å². The summed E-state index contributed by atoms with van der Waals surface area (Å²) in [5.41, 5.74) is 3.61. The van der Waals surface area contributed by atoms with Crippen molar-refractivity contribution in [1.82, 2.24) is 10.2 Å². The minimum absolute atomic E-state index is 0.237. The molecule has 0 aliphatic heterocycles. The van der Waals surface area contributed by atoms with Crippen LogP contribution in [0, 0.1) is 13.8 Å². The van der Waals surface area contributed by atoms with Gasteiger partial charge >= 0.3 is 6.36 Å². The number of nitrogens with zero attached hydrogens (tertiary/aromatic N) is 1. The van der Waals surface area contributed by atoms with E-state index in [1.807, 2.05) is 13.8 Å². The Bertz CT molecular complexity index is 556. The molecule has 0 saturated carbocycles. The van der Waals surface area contributed by atoms with E-state index in [0.29, 0.717) is 12.2 Å². The van der Waals surface area contributed by atoms with Crippen molar-refractivity contribution in [2.75, 3.05) is 5.32 Å². The molecule has 0 bridgehead atoms. The molecule has 0 radical (unpaired) electrons. The molecule has 0 amide bonds. The SMILES string of the molecule is Cc1n[nH]c(C)c1CNc1ccc(OC(F)(F)F)cc1. The van der Waals surface area contributed by atoms with Crippen LogP contribution in [-0.2, 0) is 6.54 Å². The van der Waals surface area contributed by atoms with E-state index < -0.39 is 6.36 Å². The lowest BCUT2D eigenvalue weighted by Gasteiger charge is -2.10. The van der Waals surface area contributed by atoms with Gasteiger partial charge < -0.3 is 10.1 Å². The Morgan fingerprint density at radius 2 is 1.85 bits per heavy atom. The molecule has 1 aromatic heterocycles. The third-order valence-corrected chi connectivity index (χ3v) is 2.84. The predicted molar refractivity (Wildman–Crippen MR) is 68.5 cm³/mol. The molecule has 2 N–H and O–H groups in total. The largest absolute Gasteiger partial charge is 0.573 e. The Morgan fingerprint density at radius 3 is 2.35 bits per heavy atom. The first-order chi connectivity index (χ1) is 9.35. The zero-order valence-corrected chi connectivity index (χ0v) is 11.0. The lowest BCUT2D eigenvalue weighted by atomic mass is 10.2. The molecule has 108 valence electrons. The first-order valence-corrected chi connectivity index (χ1v) is 5.95. The van der Waals surface area contributed by atoms with Gasteiger partial charge in [-0.3, -0.25) is 5.10 Å². The lowest BCUT2D eigenvalue weighted by molar-refractivity contribution is -0.274. The molecule has 1 heterocycles. The van der Waals surface area contributed by atoms with Gasteiger partial charge in [0.2, 0.25) is 0 Å². The maximum Gasteiger partial charge on any atom is 0.573 e. The number of alkyl halides is 3. The van der Waals surface area contributed by atoms with E-state index in [4.69, 9.17) is 0 Å². The Morgan fingerprint density at radius 1 is 1.20 bits per heavy atom. The number of H-pyrrole nitrogens is 1. The fourth-order valence-electron chi connectivity index (χ4n) is 1.80. The average Bonchev–Trinajstić information content (AvgIpc) is 2.67. The standard InChI is InChI=1S/C13H14F3N3O/c1-8-12(9(2)19-18-8)7-17-10-3-5-11(6-4-10)20-13(14,15)16/h3-6,17H,7H2,1-2H3,(H,18,19). The molecule has 7 heteroatoms. The predicted octanol–water partition coefficient (Wildman–Crippen LogP) is 3.54. The minimum atomic E-state index is -4.67. The summed E-state index contributed by atoms with van der Waals surface area (Å²) in [6, 6.07) is 5.60. The quantitative estimate of drug-likeness (QED) is 0.903. The number of ether oxygens (including phenoxy) is 1. The fourth-order valence-corrected chi connectivity index (χ4v) is 1.80. The Balaban J connectivity index is 1.98. The van der Waals surface area contributed by atoms with Gasteiger partial charge in [-0.2, -0.15) is 5.10 Å². The van der Waals surface area contributed by atoms with Crippen LogP contribution in [0.2, 0.25) is 0 Å². The highest BCUT2D eigenvalue weighted by atomic mass is 19.4. The Hall–Kier alpha value is -2.18. The van der Waals surface area contributed by atoms with Crippen molar-refractivity contribution in [3.05, 3.63) is 41.2 Å². The van der Waals surface area contributed by atoms with Gasteiger partial charge in [-0.1, -0.05) is 0 Å². The van der Waals surface area contributed by atoms with Crippen LogP contribution in [0.3, 0.4) is 0 Å². The van der Waals surface area contributed by atoms with Gasteiger partial charge in [-0.05, 0) is 38.1 Å². The second kappa shape index (κ2) is 5.44. The summed E-state index contributed by atoms with van der Waals surface area (Å²) < 4.78 is 39.9. The molecule has 2 aromatic rings. The summed E-state index contributed by atoms with van der Waals surface area (Å²) >= 11 is 0. The van der Waals surface area contributed by atoms with Crippen LogP contribution in [0.25, 0.3) is 0 Å². The van der Waals surface area contributed by atoms with Crippen molar-refractivity contribution in [3.63, 3.8) is 0 Å². The first kappa shape index (κ1) is 14.2. The number of hydrogen-bond donors (Lipinski definition) is 2. The van der Waals surface area contributed by atoms with E-state index in [-0.39, 0.29) is 5.75 Å². The van der Waals surface area contributed by atoms with Crippen LogP contribution >= 0.6 is 0 Å².